The van der Waals surface area contributed by atoms with E-state index >= 15 is 0 Å². The maximum atomic E-state index is 3.44. The van der Waals surface area contributed by atoms with Crippen LogP contribution in [0.2, 0.25) is 0 Å². The van der Waals surface area contributed by atoms with E-state index in [4.69, 9.17) is 0 Å². The minimum absolute atomic E-state index is 0.754. The molecule has 0 radical (unpaired) electrons. The molecule has 1 N–H and O–H groups in total. The molecule has 0 unspecified atom stereocenters. The molecule has 94 valence electrons. The molecule has 0 saturated carbocycles. The third-order valence-corrected chi connectivity index (χ3v) is 3.62. The Bertz CT molecular complexity index is 337. The second-order valence-corrected chi connectivity index (χ2v) is 5.82. The summed E-state index contributed by atoms with van der Waals surface area (Å²) >= 11 is 0. The van der Waals surface area contributed by atoms with Gasteiger partial charge in [0.2, 0.25) is 0 Å². The zero-order valence-electron chi connectivity index (χ0n) is 11.2. The molecule has 1 fully saturated rings. The molecule has 0 aromatic heterocycles. The first kappa shape index (κ1) is 12.6. The van der Waals surface area contributed by atoms with Crippen molar-refractivity contribution in [1.82, 2.24) is 5.32 Å². The molecule has 0 atom stereocenters. The van der Waals surface area contributed by atoms with Crippen molar-refractivity contribution in [3.63, 3.8) is 0 Å². The lowest BCUT2D eigenvalue weighted by Crippen LogP contribution is -2.28. The Morgan fingerprint density at radius 2 is 1.88 bits per heavy atom. The summed E-state index contributed by atoms with van der Waals surface area (Å²) in [6.45, 7) is 6.99. The van der Waals surface area contributed by atoms with Crippen LogP contribution in [-0.4, -0.2) is 13.1 Å². The predicted octanol–water partition coefficient (Wildman–Crippen LogP) is 3.43. The van der Waals surface area contributed by atoms with Gasteiger partial charge in [0.25, 0.3) is 0 Å². The summed E-state index contributed by atoms with van der Waals surface area (Å²) in [5.41, 5.74) is 3.04. The van der Waals surface area contributed by atoms with Crippen LogP contribution in [0.5, 0.6) is 0 Å². The Labute approximate surface area is 106 Å². The number of hydrogen-bond donors (Lipinski definition) is 1. The van der Waals surface area contributed by atoms with E-state index < -0.39 is 0 Å². The van der Waals surface area contributed by atoms with Crippen molar-refractivity contribution in [2.24, 2.45) is 11.8 Å². The van der Waals surface area contributed by atoms with Crippen LogP contribution < -0.4 is 5.32 Å². The fourth-order valence-corrected chi connectivity index (χ4v) is 2.77. The summed E-state index contributed by atoms with van der Waals surface area (Å²) in [5.74, 6) is 1.65. The lowest BCUT2D eigenvalue weighted by atomic mass is 9.90. The standard InChI is InChI=1S/C16H25N/c1-13(2)10-15-4-3-5-16(12-15)11-14-6-8-17-9-7-14/h3-5,12-14,17H,6-11H2,1-2H3. The summed E-state index contributed by atoms with van der Waals surface area (Å²) in [7, 11) is 0. The molecule has 0 aliphatic carbocycles. The quantitative estimate of drug-likeness (QED) is 0.837. The number of rotatable bonds is 4. The van der Waals surface area contributed by atoms with Gasteiger partial charge in [0.05, 0.1) is 0 Å². The molecular formula is C16H25N. The van der Waals surface area contributed by atoms with Crippen molar-refractivity contribution in [2.45, 2.75) is 39.5 Å². The van der Waals surface area contributed by atoms with E-state index in [-0.39, 0.29) is 0 Å². The highest BCUT2D eigenvalue weighted by Crippen LogP contribution is 2.19. The molecular weight excluding hydrogens is 206 g/mol. The average Bonchev–Trinajstić information content (AvgIpc) is 2.30. The summed E-state index contributed by atoms with van der Waals surface area (Å²) in [6.07, 6.45) is 5.16. The predicted molar refractivity (Wildman–Crippen MR) is 74.3 cm³/mol. The zero-order valence-corrected chi connectivity index (χ0v) is 11.2. The molecule has 1 aromatic carbocycles. The van der Waals surface area contributed by atoms with Gasteiger partial charge >= 0.3 is 0 Å². The van der Waals surface area contributed by atoms with Gasteiger partial charge in [-0.05, 0) is 61.7 Å². The Morgan fingerprint density at radius 3 is 2.59 bits per heavy atom. The summed E-state index contributed by atoms with van der Waals surface area (Å²) < 4.78 is 0. The first-order valence-electron chi connectivity index (χ1n) is 7.02. The van der Waals surface area contributed by atoms with E-state index in [1.807, 2.05) is 0 Å². The van der Waals surface area contributed by atoms with Crippen LogP contribution in [0.3, 0.4) is 0 Å². The van der Waals surface area contributed by atoms with Crippen molar-refractivity contribution in [3.8, 4) is 0 Å². The third kappa shape index (κ3) is 4.16. The minimum atomic E-state index is 0.754. The molecule has 0 spiro atoms. The van der Waals surface area contributed by atoms with Crippen molar-refractivity contribution >= 4 is 0 Å². The number of benzene rings is 1. The lowest BCUT2D eigenvalue weighted by molar-refractivity contribution is 0.372. The van der Waals surface area contributed by atoms with Crippen molar-refractivity contribution < 1.29 is 0 Å². The average molecular weight is 231 g/mol. The van der Waals surface area contributed by atoms with Gasteiger partial charge in [0.1, 0.15) is 0 Å². The molecule has 0 bridgehead atoms. The van der Waals surface area contributed by atoms with Crippen LogP contribution >= 0.6 is 0 Å². The molecule has 1 heteroatoms. The van der Waals surface area contributed by atoms with E-state index in [1.54, 1.807) is 0 Å². The molecule has 1 nitrogen and oxygen atoms in total. The summed E-state index contributed by atoms with van der Waals surface area (Å²) in [5, 5.41) is 3.44. The van der Waals surface area contributed by atoms with Gasteiger partial charge in [-0.1, -0.05) is 38.1 Å². The molecule has 1 aromatic rings. The van der Waals surface area contributed by atoms with E-state index in [0.717, 1.165) is 11.8 Å². The number of nitrogens with one attached hydrogen (secondary N) is 1. The molecule has 2 rings (SSSR count). The molecule has 1 aliphatic heterocycles. The van der Waals surface area contributed by atoms with Crippen LogP contribution in [0.4, 0.5) is 0 Å². The Morgan fingerprint density at radius 1 is 1.18 bits per heavy atom. The van der Waals surface area contributed by atoms with Crippen LogP contribution in [0.25, 0.3) is 0 Å². The monoisotopic (exact) mass is 231 g/mol. The highest BCUT2D eigenvalue weighted by atomic mass is 14.9. The van der Waals surface area contributed by atoms with Crippen molar-refractivity contribution in [3.05, 3.63) is 35.4 Å². The molecule has 17 heavy (non-hydrogen) atoms. The van der Waals surface area contributed by atoms with Gasteiger partial charge in [-0.25, -0.2) is 0 Å². The van der Waals surface area contributed by atoms with E-state index in [9.17, 15) is 0 Å². The third-order valence-electron chi connectivity index (χ3n) is 3.62. The van der Waals surface area contributed by atoms with Gasteiger partial charge in [-0.3, -0.25) is 0 Å². The highest BCUT2D eigenvalue weighted by Gasteiger charge is 2.13. The number of piperidine rings is 1. The van der Waals surface area contributed by atoms with Gasteiger partial charge in [-0.2, -0.15) is 0 Å². The first-order valence-corrected chi connectivity index (χ1v) is 7.02. The van der Waals surface area contributed by atoms with Gasteiger partial charge in [0.15, 0.2) is 0 Å². The van der Waals surface area contributed by atoms with Crippen LogP contribution in [-0.2, 0) is 12.8 Å². The fourth-order valence-electron chi connectivity index (χ4n) is 2.77. The van der Waals surface area contributed by atoms with Crippen LogP contribution in [0, 0.1) is 11.8 Å². The van der Waals surface area contributed by atoms with Gasteiger partial charge < -0.3 is 5.32 Å². The second kappa shape index (κ2) is 6.20. The Hall–Kier alpha value is -0.820. The molecule has 1 saturated heterocycles. The highest BCUT2D eigenvalue weighted by molar-refractivity contribution is 5.24. The van der Waals surface area contributed by atoms with E-state index in [1.165, 1.54) is 49.9 Å². The molecule has 1 aliphatic rings. The Balaban J connectivity index is 1.95. The summed E-state index contributed by atoms with van der Waals surface area (Å²) in [4.78, 5) is 0. The lowest BCUT2D eigenvalue weighted by Gasteiger charge is -2.22. The van der Waals surface area contributed by atoms with Crippen molar-refractivity contribution in [1.29, 1.82) is 0 Å². The van der Waals surface area contributed by atoms with Gasteiger partial charge in [-0.15, -0.1) is 0 Å². The van der Waals surface area contributed by atoms with Crippen LogP contribution in [0.1, 0.15) is 37.8 Å². The van der Waals surface area contributed by atoms with Crippen molar-refractivity contribution in [2.75, 3.05) is 13.1 Å². The fraction of sp³-hybridized carbons (Fsp3) is 0.625. The van der Waals surface area contributed by atoms with E-state index in [2.05, 4.69) is 43.4 Å². The largest absolute Gasteiger partial charge is 0.317 e. The maximum Gasteiger partial charge on any atom is -0.00462 e. The zero-order chi connectivity index (χ0) is 12.1. The normalized spacial score (nSPS) is 17.6. The molecule has 1 heterocycles. The van der Waals surface area contributed by atoms with E-state index in [0.29, 0.717) is 0 Å². The smallest absolute Gasteiger partial charge is 0.00462 e. The maximum absolute atomic E-state index is 3.44. The minimum Gasteiger partial charge on any atom is -0.317 e. The first-order chi connectivity index (χ1) is 8.24. The molecule has 0 amide bonds. The topological polar surface area (TPSA) is 12.0 Å². The second-order valence-electron chi connectivity index (χ2n) is 5.82. The van der Waals surface area contributed by atoms with Gasteiger partial charge in [0, 0.05) is 0 Å². The van der Waals surface area contributed by atoms with Crippen LogP contribution in [0.15, 0.2) is 24.3 Å². The Kier molecular flexibility index (Phi) is 4.61. The SMILES string of the molecule is CC(C)Cc1cccc(CC2CCNCC2)c1. The number of hydrogen-bond acceptors (Lipinski definition) is 1. The summed E-state index contributed by atoms with van der Waals surface area (Å²) in [6, 6.07) is 9.22.